The van der Waals surface area contributed by atoms with Crippen molar-refractivity contribution in [3.63, 3.8) is 0 Å². The van der Waals surface area contributed by atoms with Crippen molar-refractivity contribution in [2.75, 3.05) is 27.2 Å². The summed E-state index contributed by atoms with van der Waals surface area (Å²) in [5, 5.41) is 13.4. The van der Waals surface area contributed by atoms with E-state index in [9.17, 15) is 5.11 Å². The van der Waals surface area contributed by atoms with Crippen LogP contribution in [0.15, 0.2) is 23.2 Å². The van der Waals surface area contributed by atoms with E-state index in [-0.39, 0.29) is 5.75 Å². The van der Waals surface area contributed by atoms with Crippen LogP contribution in [0.4, 0.5) is 0 Å². The minimum Gasteiger partial charge on any atom is -0.507 e. The molecule has 1 aliphatic rings. The Morgan fingerprint density at radius 2 is 2.35 bits per heavy atom. The SMILES string of the molecule is C=C(NCC1CCCN1C)c1c(O)ccc(Br)c1OC. The number of phenolic OH excluding ortho intramolecular Hbond substituents is 1. The van der Waals surface area contributed by atoms with Crippen molar-refractivity contribution in [3.05, 3.63) is 28.7 Å². The zero-order valence-corrected chi connectivity index (χ0v) is 13.5. The monoisotopic (exact) mass is 340 g/mol. The number of phenols is 1. The molecule has 1 fully saturated rings. The van der Waals surface area contributed by atoms with Gasteiger partial charge in [-0.1, -0.05) is 6.58 Å². The molecular formula is C15H21BrN2O2. The van der Waals surface area contributed by atoms with E-state index in [0.29, 0.717) is 23.1 Å². The van der Waals surface area contributed by atoms with E-state index in [1.54, 1.807) is 19.2 Å². The molecule has 110 valence electrons. The first-order chi connectivity index (χ1) is 9.54. The normalized spacial score (nSPS) is 19.1. The van der Waals surface area contributed by atoms with Gasteiger partial charge in [-0.3, -0.25) is 0 Å². The van der Waals surface area contributed by atoms with Crippen molar-refractivity contribution in [1.82, 2.24) is 10.2 Å². The van der Waals surface area contributed by atoms with Crippen LogP contribution in [-0.2, 0) is 0 Å². The molecule has 0 spiro atoms. The molecule has 0 saturated carbocycles. The molecule has 1 saturated heterocycles. The molecule has 20 heavy (non-hydrogen) atoms. The Balaban J connectivity index is 2.11. The first-order valence-electron chi connectivity index (χ1n) is 6.73. The first-order valence-corrected chi connectivity index (χ1v) is 7.52. The van der Waals surface area contributed by atoms with Gasteiger partial charge in [-0.05, 0) is 54.5 Å². The summed E-state index contributed by atoms with van der Waals surface area (Å²) in [5.41, 5.74) is 1.29. The maximum Gasteiger partial charge on any atom is 0.146 e. The Kier molecular flexibility index (Phi) is 4.94. The fraction of sp³-hybridized carbons (Fsp3) is 0.467. The van der Waals surface area contributed by atoms with Crippen LogP contribution < -0.4 is 10.1 Å². The summed E-state index contributed by atoms with van der Waals surface area (Å²) in [7, 11) is 3.72. The fourth-order valence-corrected chi connectivity index (χ4v) is 3.10. The van der Waals surface area contributed by atoms with Crippen molar-refractivity contribution in [2.24, 2.45) is 0 Å². The third kappa shape index (κ3) is 3.10. The zero-order chi connectivity index (χ0) is 14.7. The highest BCUT2D eigenvalue weighted by molar-refractivity contribution is 9.10. The number of ether oxygens (including phenoxy) is 1. The lowest BCUT2D eigenvalue weighted by molar-refractivity contribution is 0.309. The molecule has 1 atom stereocenters. The standard InChI is InChI=1S/C15H21BrN2O2/c1-10(17-9-11-5-4-8-18(11)2)14-13(19)7-6-12(16)15(14)20-3/h6-7,11,17,19H,1,4-5,8-9H2,2-3H3. The smallest absolute Gasteiger partial charge is 0.146 e. The van der Waals surface area contributed by atoms with Crippen LogP contribution in [0.3, 0.4) is 0 Å². The molecule has 1 aliphatic heterocycles. The lowest BCUT2D eigenvalue weighted by Crippen LogP contribution is -2.34. The number of hydrogen-bond donors (Lipinski definition) is 2. The van der Waals surface area contributed by atoms with Gasteiger partial charge < -0.3 is 20.1 Å². The van der Waals surface area contributed by atoms with Crippen LogP contribution in [0.1, 0.15) is 18.4 Å². The van der Waals surface area contributed by atoms with Gasteiger partial charge in [0.25, 0.3) is 0 Å². The molecule has 0 aromatic heterocycles. The van der Waals surface area contributed by atoms with Crippen LogP contribution in [0.5, 0.6) is 11.5 Å². The van der Waals surface area contributed by atoms with E-state index in [1.807, 2.05) is 0 Å². The Hall–Kier alpha value is -1.20. The van der Waals surface area contributed by atoms with Gasteiger partial charge in [0.2, 0.25) is 0 Å². The minimum atomic E-state index is 0.169. The highest BCUT2D eigenvalue weighted by atomic mass is 79.9. The Morgan fingerprint density at radius 3 is 2.95 bits per heavy atom. The van der Waals surface area contributed by atoms with Gasteiger partial charge in [-0.15, -0.1) is 0 Å². The van der Waals surface area contributed by atoms with Crippen LogP contribution in [0, 0.1) is 0 Å². The van der Waals surface area contributed by atoms with E-state index >= 15 is 0 Å². The Labute approximate surface area is 128 Å². The summed E-state index contributed by atoms with van der Waals surface area (Å²) in [6, 6.07) is 3.92. The molecule has 0 amide bonds. The molecule has 1 aromatic carbocycles. The van der Waals surface area contributed by atoms with Gasteiger partial charge >= 0.3 is 0 Å². The second-order valence-electron chi connectivity index (χ2n) is 5.11. The number of halogens is 1. The highest BCUT2D eigenvalue weighted by Crippen LogP contribution is 2.38. The van der Waals surface area contributed by atoms with Crippen molar-refractivity contribution >= 4 is 21.6 Å². The Morgan fingerprint density at radius 1 is 1.60 bits per heavy atom. The summed E-state index contributed by atoms with van der Waals surface area (Å²) < 4.78 is 6.15. The molecule has 0 radical (unpaired) electrons. The predicted octanol–water partition coefficient (Wildman–Crippen LogP) is 2.82. The van der Waals surface area contributed by atoms with E-state index in [0.717, 1.165) is 17.6 Å². The average Bonchev–Trinajstić information content (AvgIpc) is 2.83. The van der Waals surface area contributed by atoms with Crippen LogP contribution in [0.25, 0.3) is 5.70 Å². The van der Waals surface area contributed by atoms with Crippen molar-refractivity contribution < 1.29 is 9.84 Å². The number of likely N-dealkylation sites (tertiary alicyclic amines) is 1. The number of rotatable bonds is 5. The number of methoxy groups -OCH3 is 1. The highest BCUT2D eigenvalue weighted by Gasteiger charge is 2.22. The zero-order valence-electron chi connectivity index (χ0n) is 11.9. The van der Waals surface area contributed by atoms with Gasteiger partial charge in [-0.2, -0.15) is 0 Å². The third-order valence-electron chi connectivity index (χ3n) is 3.82. The summed E-state index contributed by atoms with van der Waals surface area (Å²) in [6.07, 6.45) is 2.43. The van der Waals surface area contributed by atoms with Gasteiger partial charge in [0.1, 0.15) is 11.5 Å². The summed E-state index contributed by atoms with van der Waals surface area (Å²) in [5.74, 6) is 0.768. The van der Waals surface area contributed by atoms with Gasteiger partial charge in [0.05, 0.1) is 17.1 Å². The number of nitrogens with zero attached hydrogens (tertiary/aromatic N) is 1. The number of hydrogen-bond acceptors (Lipinski definition) is 4. The summed E-state index contributed by atoms with van der Waals surface area (Å²) >= 11 is 3.42. The number of nitrogens with one attached hydrogen (secondary N) is 1. The van der Waals surface area contributed by atoms with Crippen LogP contribution in [-0.4, -0.2) is 43.3 Å². The van der Waals surface area contributed by atoms with Crippen LogP contribution in [0.2, 0.25) is 0 Å². The van der Waals surface area contributed by atoms with E-state index < -0.39 is 0 Å². The van der Waals surface area contributed by atoms with Crippen molar-refractivity contribution in [2.45, 2.75) is 18.9 Å². The average molecular weight is 341 g/mol. The van der Waals surface area contributed by atoms with E-state index in [1.165, 1.54) is 12.8 Å². The maximum atomic E-state index is 10.0. The fourth-order valence-electron chi connectivity index (χ4n) is 2.60. The molecular weight excluding hydrogens is 320 g/mol. The van der Waals surface area contributed by atoms with Gasteiger partial charge in [0.15, 0.2) is 0 Å². The largest absolute Gasteiger partial charge is 0.507 e. The van der Waals surface area contributed by atoms with E-state index in [4.69, 9.17) is 4.74 Å². The molecule has 4 nitrogen and oxygen atoms in total. The van der Waals surface area contributed by atoms with E-state index in [2.05, 4.69) is 39.8 Å². The molecule has 2 N–H and O–H groups in total. The quantitative estimate of drug-likeness (QED) is 0.865. The Bertz CT molecular complexity index is 505. The summed E-state index contributed by atoms with van der Waals surface area (Å²) in [4.78, 5) is 2.35. The topological polar surface area (TPSA) is 44.7 Å². The number of aromatic hydroxyl groups is 1. The molecule has 1 aromatic rings. The summed E-state index contributed by atoms with van der Waals surface area (Å²) in [6.45, 7) is 6.00. The number of benzene rings is 1. The number of likely N-dealkylation sites (N-methyl/N-ethyl adjacent to an activating group) is 1. The predicted molar refractivity (Wildman–Crippen MR) is 85.0 cm³/mol. The lowest BCUT2D eigenvalue weighted by atomic mass is 10.1. The minimum absolute atomic E-state index is 0.169. The molecule has 2 rings (SSSR count). The first kappa shape index (κ1) is 15.2. The molecule has 1 unspecified atom stereocenters. The van der Waals surface area contributed by atoms with Gasteiger partial charge in [-0.25, -0.2) is 0 Å². The second kappa shape index (κ2) is 6.50. The second-order valence-corrected chi connectivity index (χ2v) is 5.97. The maximum absolute atomic E-state index is 10.0. The third-order valence-corrected chi connectivity index (χ3v) is 4.44. The molecule has 5 heteroatoms. The lowest BCUT2D eigenvalue weighted by Gasteiger charge is -2.22. The molecule has 1 heterocycles. The van der Waals surface area contributed by atoms with Crippen molar-refractivity contribution in [3.8, 4) is 11.5 Å². The molecule has 0 bridgehead atoms. The van der Waals surface area contributed by atoms with Gasteiger partial charge in [0, 0.05) is 18.3 Å². The van der Waals surface area contributed by atoms with Crippen LogP contribution >= 0.6 is 15.9 Å². The van der Waals surface area contributed by atoms with Crippen molar-refractivity contribution in [1.29, 1.82) is 0 Å². The molecule has 0 aliphatic carbocycles.